The molecular weight excluding hydrogens is 270 g/mol. The number of hydrogen-bond donors (Lipinski definition) is 1. The lowest BCUT2D eigenvalue weighted by molar-refractivity contribution is -0.148. The van der Waals surface area contributed by atoms with E-state index in [9.17, 15) is 9.59 Å². The lowest BCUT2D eigenvalue weighted by Crippen LogP contribution is -2.42. The number of nitrogens with zero attached hydrogens (tertiary/aromatic N) is 1. The number of aliphatic carboxylic acids is 1. The Morgan fingerprint density at radius 3 is 2.86 bits per heavy atom. The Morgan fingerprint density at radius 2 is 2.14 bits per heavy atom. The van der Waals surface area contributed by atoms with Crippen LogP contribution in [0, 0.1) is 5.92 Å². The lowest BCUT2D eigenvalue weighted by Gasteiger charge is -2.28. The van der Waals surface area contributed by atoms with E-state index in [1.807, 2.05) is 24.3 Å². The fourth-order valence-corrected chi connectivity index (χ4v) is 3.29. The number of hydrogen-bond acceptors (Lipinski definition) is 3. The van der Waals surface area contributed by atoms with Crippen LogP contribution < -0.4 is 4.74 Å². The number of para-hydroxylation sites is 1. The molecule has 1 aromatic carbocycles. The molecule has 5 heteroatoms. The number of fused-ring (bicyclic) bond motifs is 2. The summed E-state index contributed by atoms with van der Waals surface area (Å²) in [6.07, 6.45) is 1.60. The minimum atomic E-state index is -0.979. The molecule has 5 nitrogen and oxygen atoms in total. The molecule has 1 aliphatic heterocycles. The quantitative estimate of drug-likeness (QED) is 0.919. The van der Waals surface area contributed by atoms with Crippen molar-refractivity contribution in [1.82, 2.24) is 4.90 Å². The largest absolute Gasteiger partial charge is 0.493 e. The van der Waals surface area contributed by atoms with E-state index in [0.717, 1.165) is 24.2 Å². The molecule has 0 radical (unpaired) electrons. The highest BCUT2D eigenvalue weighted by atomic mass is 16.5. The van der Waals surface area contributed by atoms with E-state index in [4.69, 9.17) is 9.84 Å². The third-order valence-electron chi connectivity index (χ3n) is 4.89. The van der Waals surface area contributed by atoms with E-state index >= 15 is 0 Å². The second-order valence-corrected chi connectivity index (χ2v) is 5.97. The summed E-state index contributed by atoms with van der Waals surface area (Å²) >= 11 is 0. The molecule has 1 saturated carbocycles. The van der Waals surface area contributed by atoms with Gasteiger partial charge in [0.25, 0.3) is 0 Å². The molecule has 112 valence electrons. The first-order valence-electron chi connectivity index (χ1n) is 7.19. The normalized spacial score (nSPS) is 27.4. The third-order valence-corrected chi connectivity index (χ3v) is 4.89. The van der Waals surface area contributed by atoms with Gasteiger partial charge in [0.2, 0.25) is 5.91 Å². The number of benzene rings is 1. The number of likely N-dealkylation sites (N-methyl/N-ethyl adjacent to an activating group) is 1. The molecule has 3 rings (SSSR count). The van der Waals surface area contributed by atoms with Gasteiger partial charge < -0.3 is 14.7 Å². The van der Waals surface area contributed by atoms with Gasteiger partial charge in [0, 0.05) is 23.9 Å². The van der Waals surface area contributed by atoms with Gasteiger partial charge in [0.15, 0.2) is 0 Å². The number of carbonyl (C=O) groups excluding carboxylic acids is 1. The number of amides is 1. The van der Waals surface area contributed by atoms with E-state index in [1.54, 1.807) is 7.05 Å². The molecule has 1 spiro atoms. The Bertz CT molecular complexity index is 600. The standard InChI is InChI=1S/C16H19NO4/c1-10(15(19)20)17(2)14(18)12-9-16(12)7-8-21-13-6-4-3-5-11(13)16/h3-6,10,12H,7-9H2,1-2H3,(H,19,20)/t10?,12-,16-/m0/s1. The smallest absolute Gasteiger partial charge is 0.326 e. The Kier molecular flexibility index (Phi) is 3.15. The van der Waals surface area contributed by atoms with Crippen molar-refractivity contribution in [2.75, 3.05) is 13.7 Å². The first-order chi connectivity index (χ1) is 9.97. The predicted octanol–water partition coefficient (Wildman–Crippen LogP) is 1.66. The van der Waals surface area contributed by atoms with Crippen molar-refractivity contribution < 1.29 is 19.4 Å². The SMILES string of the molecule is CC(C(=O)O)N(C)C(=O)[C@@H]1C[C@]12CCOc1ccccc12. The van der Waals surface area contributed by atoms with Gasteiger partial charge in [-0.1, -0.05) is 18.2 Å². The van der Waals surface area contributed by atoms with Crippen molar-refractivity contribution in [3.05, 3.63) is 29.8 Å². The van der Waals surface area contributed by atoms with E-state index < -0.39 is 12.0 Å². The molecule has 1 heterocycles. The van der Waals surface area contributed by atoms with Crippen LogP contribution in [0.15, 0.2) is 24.3 Å². The summed E-state index contributed by atoms with van der Waals surface area (Å²) in [5.74, 6) is -0.336. The summed E-state index contributed by atoms with van der Waals surface area (Å²) in [5.41, 5.74) is 0.935. The molecule has 1 aromatic rings. The fourth-order valence-electron chi connectivity index (χ4n) is 3.29. The average molecular weight is 289 g/mol. The highest BCUT2D eigenvalue weighted by Gasteiger charge is 2.61. The van der Waals surface area contributed by atoms with Crippen LogP contribution in [0.2, 0.25) is 0 Å². The Hall–Kier alpha value is -2.04. The summed E-state index contributed by atoms with van der Waals surface area (Å²) in [6, 6.07) is 7.03. The monoisotopic (exact) mass is 289 g/mol. The van der Waals surface area contributed by atoms with Crippen molar-refractivity contribution in [2.24, 2.45) is 5.92 Å². The van der Waals surface area contributed by atoms with Crippen molar-refractivity contribution in [3.63, 3.8) is 0 Å². The van der Waals surface area contributed by atoms with E-state index in [-0.39, 0.29) is 17.2 Å². The topological polar surface area (TPSA) is 66.8 Å². The fraction of sp³-hybridized carbons (Fsp3) is 0.500. The van der Waals surface area contributed by atoms with Crippen LogP contribution >= 0.6 is 0 Å². The lowest BCUT2D eigenvalue weighted by atomic mass is 9.87. The summed E-state index contributed by atoms with van der Waals surface area (Å²) in [6.45, 7) is 2.15. The zero-order valence-corrected chi connectivity index (χ0v) is 12.2. The van der Waals surface area contributed by atoms with Crippen molar-refractivity contribution in [2.45, 2.75) is 31.2 Å². The zero-order valence-electron chi connectivity index (χ0n) is 12.2. The Labute approximate surface area is 123 Å². The van der Waals surface area contributed by atoms with Crippen molar-refractivity contribution >= 4 is 11.9 Å². The molecule has 1 fully saturated rings. The number of ether oxygens (including phenoxy) is 1. The first-order valence-corrected chi connectivity index (χ1v) is 7.19. The van der Waals surface area contributed by atoms with Crippen LogP contribution in [0.5, 0.6) is 5.75 Å². The Balaban J connectivity index is 1.83. The van der Waals surface area contributed by atoms with E-state index in [0.29, 0.717) is 6.61 Å². The molecule has 0 saturated heterocycles. The van der Waals surface area contributed by atoms with Crippen molar-refractivity contribution in [3.8, 4) is 5.75 Å². The molecule has 1 amide bonds. The van der Waals surface area contributed by atoms with E-state index in [2.05, 4.69) is 0 Å². The molecule has 0 bridgehead atoms. The summed E-state index contributed by atoms with van der Waals surface area (Å²) in [5, 5.41) is 9.05. The summed E-state index contributed by atoms with van der Waals surface area (Å²) < 4.78 is 5.65. The summed E-state index contributed by atoms with van der Waals surface area (Å²) in [7, 11) is 1.57. The Morgan fingerprint density at radius 1 is 1.43 bits per heavy atom. The molecule has 1 N–H and O–H groups in total. The van der Waals surface area contributed by atoms with Gasteiger partial charge in [-0.25, -0.2) is 4.79 Å². The van der Waals surface area contributed by atoms with Gasteiger partial charge in [-0.2, -0.15) is 0 Å². The van der Waals surface area contributed by atoms with Gasteiger partial charge in [0.05, 0.1) is 6.61 Å². The highest BCUT2D eigenvalue weighted by molar-refractivity contribution is 5.88. The summed E-state index contributed by atoms with van der Waals surface area (Å²) in [4.78, 5) is 24.9. The van der Waals surface area contributed by atoms with Crippen LogP contribution in [0.4, 0.5) is 0 Å². The van der Waals surface area contributed by atoms with Crippen LogP contribution in [0.1, 0.15) is 25.3 Å². The second kappa shape index (κ2) is 4.76. The van der Waals surface area contributed by atoms with Crippen LogP contribution in [0.25, 0.3) is 0 Å². The predicted molar refractivity (Wildman–Crippen MR) is 76.2 cm³/mol. The van der Waals surface area contributed by atoms with Crippen LogP contribution in [-0.4, -0.2) is 41.6 Å². The minimum Gasteiger partial charge on any atom is -0.493 e. The molecule has 1 aliphatic carbocycles. The molecular formula is C16H19NO4. The zero-order chi connectivity index (χ0) is 15.2. The number of carboxylic acids is 1. The van der Waals surface area contributed by atoms with Gasteiger partial charge in [-0.3, -0.25) is 4.79 Å². The number of rotatable bonds is 3. The maximum absolute atomic E-state index is 12.6. The molecule has 0 aromatic heterocycles. The number of carboxylic acid groups (broad SMARTS) is 1. The highest BCUT2D eigenvalue weighted by Crippen LogP contribution is 2.61. The maximum atomic E-state index is 12.6. The molecule has 21 heavy (non-hydrogen) atoms. The molecule has 3 atom stereocenters. The molecule has 1 unspecified atom stereocenters. The average Bonchev–Trinajstić information content (AvgIpc) is 3.20. The van der Waals surface area contributed by atoms with Gasteiger partial charge in [-0.15, -0.1) is 0 Å². The van der Waals surface area contributed by atoms with Gasteiger partial charge in [0.1, 0.15) is 11.8 Å². The molecule has 2 aliphatic rings. The van der Waals surface area contributed by atoms with E-state index in [1.165, 1.54) is 11.8 Å². The van der Waals surface area contributed by atoms with Gasteiger partial charge in [-0.05, 0) is 25.8 Å². The number of carbonyl (C=O) groups is 2. The van der Waals surface area contributed by atoms with Crippen LogP contribution in [-0.2, 0) is 15.0 Å². The maximum Gasteiger partial charge on any atom is 0.326 e. The van der Waals surface area contributed by atoms with Crippen LogP contribution in [0.3, 0.4) is 0 Å². The minimum absolute atomic E-state index is 0.0818. The van der Waals surface area contributed by atoms with Crippen molar-refractivity contribution in [1.29, 1.82) is 0 Å². The van der Waals surface area contributed by atoms with Gasteiger partial charge >= 0.3 is 5.97 Å². The second-order valence-electron chi connectivity index (χ2n) is 5.97. The first kappa shape index (κ1) is 13.9. The third kappa shape index (κ3) is 2.07.